The highest BCUT2D eigenvalue weighted by Gasteiger charge is 2.11. The van der Waals surface area contributed by atoms with Gasteiger partial charge in [0.25, 0.3) is 0 Å². The molecule has 0 aliphatic rings. The van der Waals surface area contributed by atoms with Crippen LogP contribution in [0.15, 0.2) is 23.3 Å². The average molecular weight is 332 g/mol. The van der Waals surface area contributed by atoms with Crippen LogP contribution >= 0.6 is 23.2 Å². The molecule has 114 valence electrons. The summed E-state index contributed by atoms with van der Waals surface area (Å²) in [5, 5.41) is 6.91. The largest absolute Gasteiger partial charge is 0.385 e. The molecule has 0 atom stereocenters. The lowest BCUT2D eigenvalue weighted by molar-refractivity contribution is -0.139. The third kappa shape index (κ3) is 6.57. The minimum atomic E-state index is -0.844. The van der Waals surface area contributed by atoms with Crippen molar-refractivity contribution in [2.45, 2.75) is 6.42 Å². The number of carbonyl (C=O) groups excluding carboxylic acids is 2. The number of carbonyl (C=O) groups is 2. The van der Waals surface area contributed by atoms with Crippen molar-refractivity contribution in [2.24, 2.45) is 5.10 Å². The van der Waals surface area contributed by atoms with E-state index in [2.05, 4.69) is 15.8 Å². The van der Waals surface area contributed by atoms with Gasteiger partial charge in [-0.3, -0.25) is 9.59 Å². The first-order valence-electron chi connectivity index (χ1n) is 6.10. The van der Waals surface area contributed by atoms with Crippen LogP contribution in [0.1, 0.15) is 12.0 Å². The van der Waals surface area contributed by atoms with Crippen LogP contribution in [0.2, 0.25) is 10.0 Å². The van der Waals surface area contributed by atoms with Crippen molar-refractivity contribution in [3.63, 3.8) is 0 Å². The summed E-state index contributed by atoms with van der Waals surface area (Å²) >= 11 is 11.6. The van der Waals surface area contributed by atoms with E-state index < -0.39 is 11.8 Å². The Kier molecular flexibility index (Phi) is 7.74. The zero-order valence-electron chi connectivity index (χ0n) is 11.4. The fraction of sp³-hybridized carbons (Fsp3) is 0.308. The number of benzene rings is 1. The Morgan fingerprint density at radius 1 is 1.29 bits per heavy atom. The number of rotatable bonds is 6. The third-order valence-corrected chi connectivity index (χ3v) is 3.08. The van der Waals surface area contributed by atoms with Gasteiger partial charge in [-0.05, 0) is 24.1 Å². The van der Waals surface area contributed by atoms with Gasteiger partial charge in [-0.15, -0.1) is 0 Å². The summed E-state index contributed by atoms with van der Waals surface area (Å²) in [5.41, 5.74) is 2.76. The Balaban J connectivity index is 2.39. The Morgan fingerprint density at radius 3 is 2.71 bits per heavy atom. The van der Waals surface area contributed by atoms with E-state index in [1.165, 1.54) is 6.21 Å². The van der Waals surface area contributed by atoms with Crippen LogP contribution in [0.5, 0.6) is 0 Å². The maximum absolute atomic E-state index is 11.4. The third-order valence-electron chi connectivity index (χ3n) is 2.34. The van der Waals surface area contributed by atoms with E-state index >= 15 is 0 Å². The number of hydrogen-bond acceptors (Lipinski definition) is 4. The summed E-state index contributed by atoms with van der Waals surface area (Å²) in [6, 6.07) is 4.87. The van der Waals surface area contributed by atoms with Crippen molar-refractivity contribution in [3.05, 3.63) is 33.8 Å². The van der Waals surface area contributed by atoms with Crippen molar-refractivity contribution in [1.82, 2.24) is 10.7 Å². The monoisotopic (exact) mass is 331 g/mol. The lowest BCUT2D eigenvalue weighted by atomic mass is 10.2. The molecule has 0 saturated heterocycles. The topological polar surface area (TPSA) is 79.8 Å². The van der Waals surface area contributed by atoms with Gasteiger partial charge in [-0.2, -0.15) is 5.10 Å². The Morgan fingerprint density at radius 2 is 2.05 bits per heavy atom. The van der Waals surface area contributed by atoms with Gasteiger partial charge in [0.15, 0.2) is 0 Å². The second kappa shape index (κ2) is 9.33. The minimum absolute atomic E-state index is 0.358. The van der Waals surface area contributed by atoms with Crippen molar-refractivity contribution in [2.75, 3.05) is 20.3 Å². The number of hydrazone groups is 1. The molecule has 0 unspecified atom stereocenters. The minimum Gasteiger partial charge on any atom is -0.385 e. The Hall–Kier alpha value is -1.63. The number of methoxy groups -OCH3 is 1. The van der Waals surface area contributed by atoms with E-state index in [-0.39, 0.29) is 0 Å². The van der Waals surface area contributed by atoms with E-state index in [9.17, 15) is 9.59 Å². The maximum atomic E-state index is 11.4. The number of halogens is 2. The highest BCUT2D eigenvalue weighted by atomic mass is 35.5. The highest BCUT2D eigenvalue weighted by molar-refractivity contribution is 6.42. The molecule has 2 amide bonds. The molecule has 0 aromatic heterocycles. The first-order chi connectivity index (χ1) is 10.0. The van der Waals surface area contributed by atoms with Gasteiger partial charge in [-0.25, -0.2) is 5.43 Å². The zero-order chi connectivity index (χ0) is 15.7. The van der Waals surface area contributed by atoms with E-state index in [1.807, 2.05) is 0 Å². The van der Waals surface area contributed by atoms with Crippen LogP contribution < -0.4 is 10.7 Å². The molecule has 0 aliphatic heterocycles. The molecular weight excluding hydrogens is 317 g/mol. The lowest BCUT2D eigenvalue weighted by Gasteiger charge is -2.03. The standard InChI is InChI=1S/C13H15Cl2N3O3/c1-21-6-2-5-16-12(19)13(20)18-17-8-9-3-4-10(14)11(15)7-9/h3-4,7-8H,2,5-6H2,1H3,(H,16,19)(H,18,20). The van der Waals surface area contributed by atoms with Crippen LogP contribution in [-0.4, -0.2) is 38.3 Å². The SMILES string of the molecule is COCCCNC(=O)C(=O)NN=Cc1ccc(Cl)c(Cl)c1. The summed E-state index contributed by atoms with van der Waals surface area (Å²) in [6.45, 7) is 0.869. The average Bonchev–Trinajstić information content (AvgIpc) is 2.47. The predicted molar refractivity (Wildman–Crippen MR) is 81.7 cm³/mol. The quantitative estimate of drug-likeness (QED) is 0.359. The molecule has 21 heavy (non-hydrogen) atoms. The second-order valence-corrected chi connectivity index (χ2v) is 4.79. The fourth-order valence-corrected chi connectivity index (χ4v) is 1.61. The van der Waals surface area contributed by atoms with E-state index in [4.69, 9.17) is 27.9 Å². The normalized spacial score (nSPS) is 10.6. The first-order valence-corrected chi connectivity index (χ1v) is 6.85. The molecule has 1 rings (SSSR count). The smallest absolute Gasteiger partial charge is 0.329 e. The van der Waals surface area contributed by atoms with E-state index in [1.54, 1.807) is 25.3 Å². The summed E-state index contributed by atoms with van der Waals surface area (Å²) < 4.78 is 4.82. The van der Waals surface area contributed by atoms with Crippen molar-refractivity contribution in [3.8, 4) is 0 Å². The van der Waals surface area contributed by atoms with Gasteiger partial charge in [0.1, 0.15) is 0 Å². The number of nitrogens with one attached hydrogen (secondary N) is 2. The first kappa shape index (κ1) is 17.4. The van der Waals surface area contributed by atoms with Gasteiger partial charge >= 0.3 is 11.8 Å². The second-order valence-electron chi connectivity index (χ2n) is 3.97. The predicted octanol–water partition coefficient (Wildman–Crippen LogP) is 1.60. The molecule has 0 saturated carbocycles. The number of nitrogens with zero attached hydrogens (tertiary/aromatic N) is 1. The summed E-state index contributed by atoms with van der Waals surface area (Å²) in [5.74, 6) is -1.60. The molecule has 1 aromatic rings. The number of hydrogen-bond donors (Lipinski definition) is 2. The van der Waals surface area contributed by atoms with Gasteiger partial charge in [0, 0.05) is 20.3 Å². The Bertz CT molecular complexity index is 535. The molecule has 0 spiro atoms. The van der Waals surface area contributed by atoms with Gasteiger partial charge in [0.2, 0.25) is 0 Å². The maximum Gasteiger partial charge on any atom is 0.329 e. The molecular formula is C13H15Cl2N3O3. The van der Waals surface area contributed by atoms with Crippen molar-refractivity contribution < 1.29 is 14.3 Å². The molecule has 8 heteroatoms. The van der Waals surface area contributed by atoms with Gasteiger partial charge in [0.05, 0.1) is 16.3 Å². The van der Waals surface area contributed by atoms with Gasteiger partial charge in [-0.1, -0.05) is 29.3 Å². The summed E-state index contributed by atoms with van der Waals surface area (Å²) in [6.07, 6.45) is 1.99. The van der Waals surface area contributed by atoms with Crippen molar-refractivity contribution in [1.29, 1.82) is 0 Å². The van der Waals surface area contributed by atoms with Gasteiger partial charge < -0.3 is 10.1 Å². The summed E-state index contributed by atoms with van der Waals surface area (Å²) in [7, 11) is 1.56. The van der Waals surface area contributed by atoms with Crippen molar-refractivity contribution >= 4 is 41.2 Å². The molecule has 6 nitrogen and oxygen atoms in total. The molecule has 0 heterocycles. The molecule has 1 aromatic carbocycles. The van der Waals surface area contributed by atoms with E-state index in [0.717, 1.165) is 0 Å². The number of amides is 2. The van der Waals surface area contributed by atoms with Crippen LogP contribution in [0.3, 0.4) is 0 Å². The molecule has 0 fully saturated rings. The number of ether oxygens (including phenoxy) is 1. The fourth-order valence-electron chi connectivity index (χ4n) is 1.31. The van der Waals surface area contributed by atoms with Crippen LogP contribution in [0.4, 0.5) is 0 Å². The molecule has 0 bridgehead atoms. The molecule has 0 radical (unpaired) electrons. The van der Waals surface area contributed by atoms with E-state index in [0.29, 0.717) is 35.2 Å². The lowest BCUT2D eigenvalue weighted by Crippen LogP contribution is -2.38. The van der Waals surface area contributed by atoms with Crippen LogP contribution in [0, 0.1) is 0 Å². The van der Waals surface area contributed by atoms with Crippen LogP contribution in [-0.2, 0) is 14.3 Å². The molecule has 2 N–H and O–H groups in total. The Labute approximate surface area is 132 Å². The summed E-state index contributed by atoms with van der Waals surface area (Å²) in [4.78, 5) is 22.8. The van der Waals surface area contributed by atoms with Crippen LogP contribution in [0.25, 0.3) is 0 Å². The zero-order valence-corrected chi connectivity index (χ0v) is 12.9. The molecule has 0 aliphatic carbocycles. The highest BCUT2D eigenvalue weighted by Crippen LogP contribution is 2.21.